The van der Waals surface area contributed by atoms with Crippen molar-refractivity contribution >= 4 is 27.4 Å². The van der Waals surface area contributed by atoms with Gasteiger partial charge >= 0.3 is 4.87 Å². The number of H-pyrrole nitrogens is 1. The van der Waals surface area contributed by atoms with E-state index < -0.39 is 6.10 Å². The number of aliphatic hydroxyl groups is 1. The van der Waals surface area contributed by atoms with E-state index in [-0.39, 0.29) is 28.6 Å². The number of phenols is 1. The molecular weight excluding hydrogens is 569 g/mol. The Kier molecular flexibility index (Phi) is 8.78. The minimum atomic E-state index is -0.853. The Labute approximate surface area is 254 Å². The average molecular weight is 608 g/mol. The molecule has 228 valence electrons. The van der Waals surface area contributed by atoms with Gasteiger partial charge in [0.05, 0.1) is 23.0 Å². The number of nitrogens with zero attached hydrogens (tertiary/aromatic N) is 3. The molecule has 0 bridgehead atoms. The fraction of sp³-hybridized carbons (Fsp3) is 0.438. The molecule has 0 aliphatic carbocycles. The maximum atomic E-state index is 14.6. The molecular formula is C32H38FN5O4S. The number of fused-ring (bicyclic) bond motifs is 1. The van der Waals surface area contributed by atoms with Crippen molar-refractivity contribution in [2.24, 2.45) is 0 Å². The van der Waals surface area contributed by atoms with Crippen molar-refractivity contribution in [3.8, 4) is 5.75 Å². The van der Waals surface area contributed by atoms with Crippen LogP contribution in [-0.4, -0.2) is 76.6 Å². The molecule has 0 saturated carbocycles. The number of aryl methyl sites for hydroxylation is 1. The van der Waals surface area contributed by atoms with E-state index in [1.165, 1.54) is 11.6 Å². The van der Waals surface area contributed by atoms with Crippen LogP contribution in [0.1, 0.15) is 41.2 Å². The largest absolute Gasteiger partial charge is 0.506 e. The number of hydrogen-bond donors (Lipinski definition) is 4. The number of morpholine rings is 1. The number of benzene rings is 2. The smallest absolute Gasteiger partial charge is 0.305 e. The maximum Gasteiger partial charge on any atom is 0.305 e. The van der Waals surface area contributed by atoms with Gasteiger partial charge < -0.3 is 30.2 Å². The van der Waals surface area contributed by atoms with Crippen molar-refractivity contribution in [2.75, 3.05) is 50.8 Å². The van der Waals surface area contributed by atoms with Crippen LogP contribution in [0, 0.1) is 12.7 Å². The van der Waals surface area contributed by atoms with Crippen molar-refractivity contribution in [1.82, 2.24) is 20.2 Å². The van der Waals surface area contributed by atoms with Crippen LogP contribution in [0.5, 0.6) is 5.75 Å². The molecule has 4 N–H and O–H groups in total. The highest BCUT2D eigenvalue weighted by Crippen LogP contribution is 2.33. The van der Waals surface area contributed by atoms with Crippen LogP contribution in [0.2, 0.25) is 0 Å². The Bertz CT molecular complexity index is 1630. The second-order valence-corrected chi connectivity index (χ2v) is 12.7. The Morgan fingerprint density at radius 2 is 1.98 bits per heavy atom. The highest BCUT2D eigenvalue weighted by atomic mass is 32.1. The number of aliphatic hydroxyl groups excluding tert-OH is 1. The summed E-state index contributed by atoms with van der Waals surface area (Å²) < 4.78 is 21.5. The average Bonchev–Trinajstić information content (AvgIpc) is 3.39. The number of hydrogen-bond acceptors (Lipinski definition) is 9. The molecule has 43 heavy (non-hydrogen) atoms. The number of anilines is 1. The number of phenolic OH excluding ortho intramolecular Hbond substituents is 1. The summed E-state index contributed by atoms with van der Waals surface area (Å²) in [5.74, 6) is 0.748. The van der Waals surface area contributed by atoms with Crippen molar-refractivity contribution in [3.05, 3.63) is 86.4 Å². The first kappa shape index (κ1) is 29.7. The third kappa shape index (κ3) is 6.91. The highest BCUT2D eigenvalue weighted by molar-refractivity contribution is 7.16. The molecule has 4 heterocycles. The number of aromatic hydroxyl groups is 1. The summed E-state index contributed by atoms with van der Waals surface area (Å²) in [4.78, 5) is 23.4. The summed E-state index contributed by atoms with van der Waals surface area (Å²) in [6.07, 6.45) is 3.48. The molecule has 2 fully saturated rings. The summed E-state index contributed by atoms with van der Waals surface area (Å²) >= 11 is 0.964. The minimum Gasteiger partial charge on any atom is -0.506 e. The van der Waals surface area contributed by atoms with E-state index in [2.05, 4.69) is 44.1 Å². The highest BCUT2D eigenvalue weighted by Gasteiger charge is 2.40. The van der Waals surface area contributed by atoms with Crippen LogP contribution >= 0.6 is 11.3 Å². The number of halogens is 1. The van der Waals surface area contributed by atoms with Gasteiger partial charge in [-0.2, -0.15) is 0 Å². The van der Waals surface area contributed by atoms with E-state index in [0.29, 0.717) is 41.9 Å². The van der Waals surface area contributed by atoms with Crippen LogP contribution in [0.4, 0.5) is 10.2 Å². The van der Waals surface area contributed by atoms with E-state index in [4.69, 9.17) is 4.74 Å². The van der Waals surface area contributed by atoms with Crippen LogP contribution in [-0.2, 0) is 17.7 Å². The fourth-order valence-corrected chi connectivity index (χ4v) is 7.17. The number of aromatic nitrogens is 2. The SMILES string of the molecule is Cc1ccnc(N2CCOC3(CCN(Cc4cc(F)cc(CCNC[C@H](O)c5ccc(O)c6[nH]c(=O)sc56)c4)CC3)C2)c1. The van der Waals surface area contributed by atoms with Gasteiger partial charge in [-0.25, -0.2) is 9.37 Å². The summed E-state index contributed by atoms with van der Waals surface area (Å²) in [6, 6.07) is 12.5. The number of piperidine rings is 1. The molecule has 2 aromatic heterocycles. The van der Waals surface area contributed by atoms with E-state index in [0.717, 1.165) is 67.3 Å². The molecule has 0 amide bonds. The molecule has 6 rings (SSSR count). The monoisotopic (exact) mass is 607 g/mol. The molecule has 1 spiro atoms. The van der Waals surface area contributed by atoms with Crippen molar-refractivity contribution in [2.45, 2.75) is 44.4 Å². The van der Waals surface area contributed by atoms with Gasteiger partial charge in [-0.15, -0.1) is 0 Å². The molecule has 4 aromatic rings. The summed E-state index contributed by atoms with van der Waals surface area (Å²) in [7, 11) is 0. The number of nitrogens with one attached hydrogen (secondary N) is 2. The van der Waals surface area contributed by atoms with Gasteiger partial charge in [0.25, 0.3) is 0 Å². The third-order valence-corrected chi connectivity index (χ3v) is 9.47. The van der Waals surface area contributed by atoms with Gasteiger partial charge in [0, 0.05) is 51.0 Å². The summed E-state index contributed by atoms with van der Waals surface area (Å²) in [6.45, 7) is 7.76. The number of pyridine rings is 1. The van der Waals surface area contributed by atoms with E-state index in [1.54, 1.807) is 18.2 Å². The molecule has 2 saturated heterocycles. The normalized spacial score (nSPS) is 18.0. The number of rotatable bonds is 9. The lowest BCUT2D eigenvalue weighted by Gasteiger charge is -2.47. The fourth-order valence-electron chi connectivity index (χ4n) is 6.25. The van der Waals surface area contributed by atoms with Gasteiger partial charge in [-0.05, 0) is 79.8 Å². The maximum absolute atomic E-state index is 14.6. The van der Waals surface area contributed by atoms with Gasteiger partial charge in [0.15, 0.2) is 0 Å². The van der Waals surface area contributed by atoms with Gasteiger partial charge in [0.2, 0.25) is 0 Å². The first-order chi connectivity index (χ1) is 20.8. The van der Waals surface area contributed by atoms with Crippen molar-refractivity contribution in [1.29, 1.82) is 0 Å². The number of thiazole rings is 1. The van der Waals surface area contributed by atoms with Crippen molar-refractivity contribution in [3.63, 3.8) is 0 Å². The lowest BCUT2D eigenvalue weighted by molar-refractivity contribution is -0.0922. The Morgan fingerprint density at radius 3 is 2.79 bits per heavy atom. The third-order valence-electron chi connectivity index (χ3n) is 8.54. The molecule has 2 aromatic carbocycles. The first-order valence-corrected chi connectivity index (χ1v) is 15.6. The second-order valence-electron chi connectivity index (χ2n) is 11.8. The molecule has 0 unspecified atom stereocenters. The van der Waals surface area contributed by atoms with Crippen LogP contribution in [0.25, 0.3) is 10.2 Å². The molecule has 0 radical (unpaired) electrons. The van der Waals surface area contributed by atoms with Crippen LogP contribution in [0.15, 0.2) is 53.5 Å². The van der Waals surface area contributed by atoms with Crippen LogP contribution in [0.3, 0.4) is 0 Å². The molecule has 2 aliphatic heterocycles. The lowest BCUT2D eigenvalue weighted by Crippen LogP contribution is -2.57. The minimum absolute atomic E-state index is 0.0205. The van der Waals surface area contributed by atoms with E-state index in [1.807, 2.05) is 12.3 Å². The Hall–Kier alpha value is -3.35. The Balaban J connectivity index is 0.998. The quantitative estimate of drug-likeness (QED) is 0.212. The Morgan fingerprint density at radius 1 is 1.16 bits per heavy atom. The summed E-state index contributed by atoms with van der Waals surface area (Å²) in [5.41, 5.74) is 3.81. The number of ether oxygens (including phenoxy) is 1. The molecule has 2 aliphatic rings. The van der Waals surface area contributed by atoms with Crippen LogP contribution < -0.4 is 15.1 Å². The second kappa shape index (κ2) is 12.7. The molecule has 11 heteroatoms. The predicted octanol–water partition coefficient (Wildman–Crippen LogP) is 3.87. The van der Waals surface area contributed by atoms with Gasteiger partial charge in [-0.3, -0.25) is 9.69 Å². The lowest BCUT2D eigenvalue weighted by atomic mass is 9.89. The van der Waals surface area contributed by atoms with E-state index >= 15 is 0 Å². The molecule has 1 atom stereocenters. The standard InChI is InChI=1S/C32H38FN5O4S/c1-21-4-9-35-28(14-21)38-12-13-42-32(20-38)6-10-37(11-7-32)19-23-15-22(16-24(33)17-23)5-8-34-18-27(40)25-2-3-26(39)29-30(25)43-31(41)36-29/h2-4,9,14-17,27,34,39-40H,5-8,10-13,18-20H2,1H3,(H,36,41)/t27-/m0/s1. The number of aromatic amines is 1. The predicted molar refractivity (Wildman–Crippen MR) is 166 cm³/mol. The topological polar surface area (TPSA) is 114 Å². The van der Waals surface area contributed by atoms with Gasteiger partial charge in [0.1, 0.15) is 22.9 Å². The molecule has 9 nitrogen and oxygen atoms in total. The van der Waals surface area contributed by atoms with E-state index in [9.17, 15) is 19.4 Å². The number of likely N-dealkylation sites (tertiary alicyclic amines) is 1. The zero-order valence-electron chi connectivity index (χ0n) is 24.3. The summed E-state index contributed by atoms with van der Waals surface area (Å²) in [5, 5.41) is 24.0. The van der Waals surface area contributed by atoms with Crippen molar-refractivity contribution < 1.29 is 19.3 Å². The zero-order valence-corrected chi connectivity index (χ0v) is 25.1. The zero-order chi connectivity index (χ0) is 30.0. The first-order valence-electron chi connectivity index (χ1n) is 14.8. The van der Waals surface area contributed by atoms with Gasteiger partial charge in [-0.1, -0.05) is 23.5 Å².